The number of aromatic nitrogens is 3. The van der Waals surface area contributed by atoms with Crippen molar-refractivity contribution in [1.82, 2.24) is 24.7 Å². The lowest BCUT2D eigenvalue weighted by atomic mass is 9.95. The van der Waals surface area contributed by atoms with E-state index in [1.165, 1.54) is 5.56 Å². The van der Waals surface area contributed by atoms with Gasteiger partial charge in [0.15, 0.2) is 5.69 Å². The Bertz CT molecular complexity index is 732. The third-order valence-electron chi connectivity index (χ3n) is 5.48. The van der Waals surface area contributed by atoms with Gasteiger partial charge in [0.05, 0.1) is 5.69 Å². The van der Waals surface area contributed by atoms with Crippen LogP contribution in [0.5, 0.6) is 0 Å². The molecule has 0 radical (unpaired) electrons. The molecule has 26 heavy (non-hydrogen) atoms. The van der Waals surface area contributed by atoms with Gasteiger partial charge in [0, 0.05) is 38.4 Å². The number of aryl methyl sites for hydroxylation is 4. The van der Waals surface area contributed by atoms with Crippen molar-refractivity contribution >= 4 is 5.91 Å². The molecule has 0 atom stereocenters. The number of piperidine rings is 1. The van der Waals surface area contributed by atoms with Crippen molar-refractivity contribution < 1.29 is 9.32 Å². The van der Waals surface area contributed by atoms with Crippen molar-refractivity contribution in [3.05, 3.63) is 34.5 Å². The molecule has 0 aliphatic carbocycles. The van der Waals surface area contributed by atoms with E-state index in [0.29, 0.717) is 11.6 Å². The number of carbonyl (C=O) groups excluding carboxylic acids is 1. The van der Waals surface area contributed by atoms with E-state index in [2.05, 4.69) is 15.2 Å². The van der Waals surface area contributed by atoms with Gasteiger partial charge in [0.1, 0.15) is 5.76 Å². The molecule has 2 aromatic rings. The summed E-state index contributed by atoms with van der Waals surface area (Å²) in [5.74, 6) is 1.46. The van der Waals surface area contributed by atoms with Gasteiger partial charge >= 0.3 is 0 Å². The number of rotatable bonds is 5. The third kappa shape index (κ3) is 3.98. The Morgan fingerprint density at radius 1 is 1.31 bits per heavy atom. The fourth-order valence-corrected chi connectivity index (χ4v) is 3.61. The Hall–Kier alpha value is -2.15. The van der Waals surface area contributed by atoms with Gasteiger partial charge in [-0.25, -0.2) is 0 Å². The monoisotopic (exact) mass is 359 g/mol. The molecule has 0 aromatic carbocycles. The fraction of sp³-hybridized carbons (Fsp3) is 0.632. The highest BCUT2D eigenvalue weighted by Gasteiger charge is 2.24. The van der Waals surface area contributed by atoms with Crippen LogP contribution < -0.4 is 0 Å². The lowest BCUT2D eigenvalue weighted by Gasteiger charge is -2.33. The Morgan fingerprint density at radius 3 is 2.54 bits per heavy atom. The zero-order valence-electron chi connectivity index (χ0n) is 16.4. The third-order valence-corrected chi connectivity index (χ3v) is 5.48. The summed E-state index contributed by atoms with van der Waals surface area (Å²) in [4.78, 5) is 16.8. The molecule has 0 spiro atoms. The normalized spacial score (nSPS) is 16.2. The lowest BCUT2D eigenvalue weighted by molar-refractivity contribution is 0.0730. The predicted octanol–water partition coefficient (Wildman–Crippen LogP) is 2.32. The molecule has 2 aromatic heterocycles. The summed E-state index contributed by atoms with van der Waals surface area (Å²) in [6, 6.07) is 1.85. The maximum atomic E-state index is 12.6. The van der Waals surface area contributed by atoms with Crippen LogP contribution in [-0.2, 0) is 13.6 Å². The SMILES string of the molecule is Cc1noc(C)c1CN1CCC(CN(C)C(=O)c2cc(C)n(C)n2)CC1. The first-order valence-corrected chi connectivity index (χ1v) is 9.25. The van der Waals surface area contributed by atoms with Gasteiger partial charge in [-0.05, 0) is 58.7 Å². The molecule has 0 saturated carbocycles. The Morgan fingerprint density at radius 2 is 2.00 bits per heavy atom. The van der Waals surface area contributed by atoms with E-state index in [4.69, 9.17) is 4.52 Å². The van der Waals surface area contributed by atoms with Crippen LogP contribution in [0.15, 0.2) is 10.6 Å². The van der Waals surface area contributed by atoms with E-state index in [0.717, 1.165) is 56.2 Å². The quantitative estimate of drug-likeness (QED) is 0.819. The van der Waals surface area contributed by atoms with Crippen LogP contribution >= 0.6 is 0 Å². The Kier molecular flexibility index (Phi) is 5.46. The van der Waals surface area contributed by atoms with E-state index < -0.39 is 0 Å². The van der Waals surface area contributed by atoms with Gasteiger partial charge in [-0.1, -0.05) is 5.16 Å². The number of nitrogens with zero attached hydrogens (tertiary/aromatic N) is 5. The largest absolute Gasteiger partial charge is 0.361 e. The molecule has 0 bridgehead atoms. The zero-order chi connectivity index (χ0) is 18.8. The highest BCUT2D eigenvalue weighted by molar-refractivity contribution is 5.92. The molecule has 0 N–H and O–H groups in total. The van der Waals surface area contributed by atoms with Crippen molar-refractivity contribution in [3.8, 4) is 0 Å². The maximum Gasteiger partial charge on any atom is 0.274 e. The van der Waals surface area contributed by atoms with Crippen molar-refractivity contribution in [2.45, 2.75) is 40.2 Å². The summed E-state index contributed by atoms with van der Waals surface area (Å²) in [5, 5.41) is 8.34. The lowest BCUT2D eigenvalue weighted by Crippen LogP contribution is -2.39. The van der Waals surface area contributed by atoms with Gasteiger partial charge in [-0.3, -0.25) is 14.4 Å². The number of hydrogen-bond acceptors (Lipinski definition) is 5. The van der Waals surface area contributed by atoms with Gasteiger partial charge in [0.25, 0.3) is 5.91 Å². The summed E-state index contributed by atoms with van der Waals surface area (Å²) in [5.41, 5.74) is 3.72. The first-order valence-electron chi connectivity index (χ1n) is 9.25. The van der Waals surface area contributed by atoms with Crippen LogP contribution in [0.1, 0.15) is 46.0 Å². The van der Waals surface area contributed by atoms with Crippen molar-refractivity contribution in [3.63, 3.8) is 0 Å². The molecule has 0 unspecified atom stereocenters. The molecule has 7 nitrogen and oxygen atoms in total. The molecule has 142 valence electrons. The zero-order valence-corrected chi connectivity index (χ0v) is 16.4. The summed E-state index contributed by atoms with van der Waals surface area (Å²) < 4.78 is 7.00. The molecule has 1 saturated heterocycles. The number of likely N-dealkylation sites (tertiary alicyclic amines) is 1. The van der Waals surface area contributed by atoms with E-state index >= 15 is 0 Å². The smallest absolute Gasteiger partial charge is 0.274 e. The molecule has 3 heterocycles. The van der Waals surface area contributed by atoms with Crippen molar-refractivity contribution in [1.29, 1.82) is 0 Å². The molecule has 7 heteroatoms. The van der Waals surface area contributed by atoms with Gasteiger partial charge in [-0.15, -0.1) is 0 Å². The molecule has 1 aliphatic rings. The van der Waals surface area contributed by atoms with Crippen LogP contribution in [-0.4, -0.2) is 57.3 Å². The molecular weight excluding hydrogens is 330 g/mol. The molecule has 3 rings (SSSR count). The standard InChI is InChI=1S/C19H29N5O2/c1-13-10-18(20-23(13)5)19(25)22(4)11-16-6-8-24(9-7-16)12-17-14(2)21-26-15(17)3/h10,16H,6-9,11-12H2,1-5H3. The summed E-state index contributed by atoms with van der Waals surface area (Å²) in [6.07, 6.45) is 2.20. The van der Waals surface area contributed by atoms with E-state index in [1.807, 2.05) is 45.8 Å². The molecule has 1 amide bonds. The minimum absolute atomic E-state index is 0.00634. The second-order valence-corrected chi connectivity index (χ2v) is 7.50. The molecular formula is C19H29N5O2. The fourth-order valence-electron chi connectivity index (χ4n) is 3.61. The first-order chi connectivity index (χ1) is 12.3. The second kappa shape index (κ2) is 7.61. The first kappa shape index (κ1) is 18.6. The van der Waals surface area contributed by atoms with E-state index in [1.54, 1.807) is 4.68 Å². The minimum Gasteiger partial charge on any atom is -0.361 e. The van der Waals surface area contributed by atoms with Crippen molar-refractivity contribution in [2.75, 3.05) is 26.7 Å². The maximum absolute atomic E-state index is 12.6. The van der Waals surface area contributed by atoms with Crippen LogP contribution in [0.3, 0.4) is 0 Å². The van der Waals surface area contributed by atoms with Gasteiger partial charge in [-0.2, -0.15) is 5.10 Å². The van der Waals surface area contributed by atoms with E-state index in [-0.39, 0.29) is 5.91 Å². The number of hydrogen-bond donors (Lipinski definition) is 0. The Labute approximate surface area is 154 Å². The highest BCUT2D eigenvalue weighted by Crippen LogP contribution is 2.22. The molecule has 1 fully saturated rings. The van der Waals surface area contributed by atoms with Crippen LogP contribution in [0.2, 0.25) is 0 Å². The summed E-state index contributed by atoms with van der Waals surface area (Å²) in [6.45, 7) is 9.70. The topological polar surface area (TPSA) is 67.4 Å². The van der Waals surface area contributed by atoms with Crippen LogP contribution in [0.4, 0.5) is 0 Å². The highest BCUT2D eigenvalue weighted by atomic mass is 16.5. The molecule has 1 aliphatic heterocycles. The number of carbonyl (C=O) groups is 1. The van der Waals surface area contributed by atoms with Gasteiger partial charge < -0.3 is 9.42 Å². The van der Waals surface area contributed by atoms with Crippen molar-refractivity contribution in [2.24, 2.45) is 13.0 Å². The van der Waals surface area contributed by atoms with E-state index in [9.17, 15) is 4.79 Å². The predicted molar refractivity (Wildman–Crippen MR) is 98.9 cm³/mol. The van der Waals surface area contributed by atoms with Crippen LogP contribution in [0.25, 0.3) is 0 Å². The second-order valence-electron chi connectivity index (χ2n) is 7.50. The average molecular weight is 359 g/mol. The summed E-state index contributed by atoms with van der Waals surface area (Å²) in [7, 11) is 3.74. The Balaban J connectivity index is 1.49. The summed E-state index contributed by atoms with van der Waals surface area (Å²) >= 11 is 0. The van der Waals surface area contributed by atoms with Crippen LogP contribution in [0, 0.1) is 26.7 Å². The average Bonchev–Trinajstić information content (AvgIpc) is 3.12. The number of amides is 1. The minimum atomic E-state index is 0.00634. The van der Waals surface area contributed by atoms with Gasteiger partial charge in [0.2, 0.25) is 0 Å².